The third-order valence-electron chi connectivity index (χ3n) is 5.65. The van der Waals surface area contributed by atoms with E-state index in [2.05, 4.69) is 10.2 Å². The molecule has 0 saturated heterocycles. The average Bonchev–Trinajstić information content (AvgIpc) is 3.32. The van der Waals surface area contributed by atoms with Crippen LogP contribution in [-0.2, 0) is 25.0 Å². The van der Waals surface area contributed by atoms with E-state index >= 15 is 0 Å². The molecule has 0 aliphatic carbocycles. The van der Waals surface area contributed by atoms with Crippen molar-refractivity contribution in [1.29, 1.82) is 0 Å². The van der Waals surface area contributed by atoms with Gasteiger partial charge in [-0.15, -0.1) is 0 Å². The summed E-state index contributed by atoms with van der Waals surface area (Å²) in [7, 11) is -8.70. The molecule has 0 bridgehead atoms. The molecule has 0 fully saturated rings. The molecule has 1 aromatic heterocycles. The molecular weight excluding hydrogens is 548 g/mol. The lowest BCUT2D eigenvalue weighted by molar-refractivity contribution is -0.114. The second-order valence-corrected chi connectivity index (χ2v) is 11.1. The van der Waals surface area contributed by atoms with Crippen molar-refractivity contribution < 1.29 is 35.8 Å². The number of anilines is 1. The summed E-state index contributed by atoms with van der Waals surface area (Å²) in [6.07, 6.45) is 8.04. The molecule has 2 aromatic carbocycles. The van der Waals surface area contributed by atoms with Crippen LogP contribution in [0.3, 0.4) is 0 Å². The molecule has 0 saturated carbocycles. The maximum absolute atomic E-state index is 12.8. The summed E-state index contributed by atoms with van der Waals surface area (Å²) < 4.78 is 64.4. The van der Waals surface area contributed by atoms with Crippen LogP contribution >= 0.6 is 0 Å². The monoisotopic (exact) mass is 570 g/mol. The molecule has 0 atom stereocenters. The molecule has 3 N–H and O–H groups in total. The lowest BCUT2D eigenvalue weighted by Crippen LogP contribution is -2.21. The van der Waals surface area contributed by atoms with E-state index < -0.39 is 26.1 Å². The van der Waals surface area contributed by atoms with Crippen molar-refractivity contribution in [1.82, 2.24) is 9.78 Å². The number of aromatic hydroxyl groups is 1. The van der Waals surface area contributed by atoms with Crippen LogP contribution in [-0.4, -0.2) is 52.4 Å². The van der Waals surface area contributed by atoms with Crippen LogP contribution < -0.4 is 5.01 Å². The molecule has 3 aromatic rings. The normalized spacial score (nSPS) is 15.7. The minimum absolute atomic E-state index is 0.181. The molecule has 2 heterocycles. The standard InChI is InChI=1S/C25H22N4O8S2/c1-16-22(24(30)28(26-16)18-8-12-20(13-9-18)38(32,33)34)6-4-3-5-7-23-17(2)27-29(25(23)31)19-10-14-21(15-11-19)39(35,36)37/h3-15,30H,1-2H3,(H,32,33,34)(H,35,36,37)/b5-3+,6-4+,23-7-. The summed E-state index contributed by atoms with van der Waals surface area (Å²) in [5.74, 6) is -0.602. The van der Waals surface area contributed by atoms with Crippen LogP contribution in [0.1, 0.15) is 18.2 Å². The van der Waals surface area contributed by atoms with Crippen molar-refractivity contribution in [3.05, 3.63) is 89.7 Å². The number of carbonyl (C=O) groups excluding carboxylic acids is 1. The van der Waals surface area contributed by atoms with Crippen LogP contribution in [0, 0.1) is 6.92 Å². The summed E-state index contributed by atoms with van der Waals surface area (Å²) in [5, 5.41) is 20.2. The Morgan fingerprint density at radius 3 is 1.87 bits per heavy atom. The number of allylic oxidation sites excluding steroid dienone is 4. The number of hydrazone groups is 1. The molecule has 1 aliphatic heterocycles. The first-order valence-corrected chi connectivity index (χ1v) is 14.0. The molecular formula is C25H22N4O8S2. The van der Waals surface area contributed by atoms with Gasteiger partial charge in [0.1, 0.15) is 0 Å². The van der Waals surface area contributed by atoms with Gasteiger partial charge in [-0.3, -0.25) is 13.9 Å². The van der Waals surface area contributed by atoms with Crippen LogP contribution in [0.25, 0.3) is 11.8 Å². The molecule has 1 aliphatic rings. The van der Waals surface area contributed by atoms with Crippen molar-refractivity contribution in [2.75, 3.05) is 5.01 Å². The largest absolute Gasteiger partial charge is 0.493 e. The lowest BCUT2D eigenvalue weighted by Gasteiger charge is -2.11. The van der Waals surface area contributed by atoms with Gasteiger partial charge in [-0.1, -0.05) is 18.2 Å². The second-order valence-electron chi connectivity index (χ2n) is 8.30. The zero-order valence-corrected chi connectivity index (χ0v) is 22.1. The molecule has 39 heavy (non-hydrogen) atoms. The fraction of sp³-hybridized carbons (Fsp3) is 0.0800. The predicted molar refractivity (Wildman–Crippen MR) is 143 cm³/mol. The van der Waals surface area contributed by atoms with E-state index in [9.17, 15) is 26.7 Å². The van der Waals surface area contributed by atoms with Crippen LogP contribution in [0.5, 0.6) is 5.88 Å². The third kappa shape index (κ3) is 5.88. The number of hydrogen-bond acceptors (Lipinski definition) is 8. The first-order valence-electron chi connectivity index (χ1n) is 11.2. The van der Waals surface area contributed by atoms with Crippen molar-refractivity contribution in [2.24, 2.45) is 5.10 Å². The van der Waals surface area contributed by atoms with Gasteiger partial charge in [-0.2, -0.15) is 32.0 Å². The van der Waals surface area contributed by atoms with Gasteiger partial charge in [0.05, 0.1) is 43.7 Å². The smallest absolute Gasteiger partial charge is 0.294 e. The second kappa shape index (κ2) is 10.4. The van der Waals surface area contributed by atoms with Crippen molar-refractivity contribution in [3.63, 3.8) is 0 Å². The first kappa shape index (κ1) is 27.7. The molecule has 0 radical (unpaired) electrons. The van der Waals surface area contributed by atoms with Gasteiger partial charge in [0.15, 0.2) is 0 Å². The van der Waals surface area contributed by atoms with Crippen LogP contribution in [0.15, 0.2) is 93.3 Å². The molecule has 0 spiro atoms. The van der Waals surface area contributed by atoms with Gasteiger partial charge in [-0.25, -0.2) is 4.68 Å². The minimum atomic E-state index is -4.36. The zero-order valence-electron chi connectivity index (χ0n) is 20.5. The van der Waals surface area contributed by atoms with E-state index in [4.69, 9.17) is 9.11 Å². The van der Waals surface area contributed by atoms with Gasteiger partial charge in [0.2, 0.25) is 5.88 Å². The molecule has 12 nitrogen and oxygen atoms in total. The maximum Gasteiger partial charge on any atom is 0.294 e. The Balaban J connectivity index is 1.48. The number of benzene rings is 2. The van der Waals surface area contributed by atoms with Gasteiger partial charge in [0.25, 0.3) is 26.1 Å². The molecule has 14 heteroatoms. The van der Waals surface area contributed by atoms with Crippen molar-refractivity contribution >= 4 is 43.6 Å². The van der Waals surface area contributed by atoms with Gasteiger partial charge in [0, 0.05) is 0 Å². The van der Waals surface area contributed by atoms with E-state index in [-0.39, 0.29) is 15.7 Å². The van der Waals surface area contributed by atoms with Gasteiger partial charge < -0.3 is 5.11 Å². The Morgan fingerprint density at radius 1 is 0.795 bits per heavy atom. The topological polar surface area (TPSA) is 179 Å². The Kier molecular flexibility index (Phi) is 7.39. The summed E-state index contributed by atoms with van der Waals surface area (Å²) in [4.78, 5) is 12.2. The van der Waals surface area contributed by atoms with E-state index in [0.717, 1.165) is 5.01 Å². The molecule has 0 unspecified atom stereocenters. The van der Waals surface area contributed by atoms with Crippen molar-refractivity contribution in [2.45, 2.75) is 23.6 Å². The highest BCUT2D eigenvalue weighted by atomic mass is 32.2. The number of aromatic nitrogens is 2. The van der Waals surface area contributed by atoms with E-state index in [0.29, 0.717) is 33.9 Å². The molecule has 1 amide bonds. The summed E-state index contributed by atoms with van der Waals surface area (Å²) in [5.41, 5.74) is 2.39. The summed E-state index contributed by atoms with van der Waals surface area (Å²) in [6.45, 7) is 3.33. The summed E-state index contributed by atoms with van der Waals surface area (Å²) in [6, 6.07) is 10.2. The van der Waals surface area contributed by atoms with Crippen LogP contribution in [0.2, 0.25) is 0 Å². The first-order chi connectivity index (χ1) is 18.3. The molecule has 4 rings (SSSR count). The predicted octanol–water partition coefficient (Wildman–Crippen LogP) is 3.30. The highest BCUT2D eigenvalue weighted by Crippen LogP contribution is 2.27. The number of aryl methyl sites for hydroxylation is 1. The minimum Gasteiger partial charge on any atom is -0.493 e. The Hall–Kier alpha value is -4.37. The number of hydrogen-bond donors (Lipinski definition) is 3. The third-order valence-corrected chi connectivity index (χ3v) is 7.39. The van der Waals surface area contributed by atoms with Crippen molar-refractivity contribution in [3.8, 4) is 11.6 Å². The number of amides is 1. The Morgan fingerprint density at radius 2 is 1.33 bits per heavy atom. The highest BCUT2D eigenvalue weighted by molar-refractivity contribution is 7.86. The highest BCUT2D eigenvalue weighted by Gasteiger charge is 2.28. The van der Waals surface area contributed by atoms with Gasteiger partial charge in [-0.05, 0) is 74.5 Å². The number of nitrogens with zero attached hydrogens (tertiary/aromatic N) is 4. The van der Waals surface area contributed by atoms with Crippen LogP contribution in [0.4, 0.5) is 5.69 Å². The Labute approximate surface area is 224 Å². The van der Waals surface area contributed by atoms with Gasteiger partial charge >= 0.3 is 0 Å². The lowest BCUT2D eigenvalue weighted by atomic mass is 10.1. The number of rotatable bonds is 7. The zero-order chi connectivity index (χ0) is 28.5. The quantitative estimate of drug-likeness (QED) is 0.218. The fourth-order valence-electron chi connectivity index (χ4n) is 3.67. The summed E-state index contributed by atoms with van der Waals surface area (Å²) >= 11 is 0. The fourth-order valence-corrected chi connectivity index (χ4v) is 4.63. The van der Waals surface area contributed by atoms with E-state index in [1.54, 1.807) is 44.2 Å². The maximum atomic E-state index is 12.8. The molecule has 202 valence electrons. The van der Waals surface area contributed by atoms with E-state index in [1.165, 1.54) is 53.2 Å². The number of carbonyl (C=O) groups is 1. The Bertz CT molecular complexity index is 1780. The average molecular weight is 571 g/mol. The van der Waals surface area contributed by atoms with E-state index in [1.807, 2.05) is 0 Å². The SMILES string of the molecule is CC1=NN(c2ccc(S(=O)(=O)O)cc2)C(=O)\C1=C/C=C/C=C/c1c(C)nn(-c2ccc(S(=O)(=O)O)cc2)c1O.